The van der Waals surface area contributed by atoms with Gasteiger partial charge in [0.25, 0.3) is 0 Å². The van der Waals surface area contributed by atoms with Crippen LogP contribution < -0.4 is 0 Å². The van der Waals surface area contributed by atoms with Crippen LogP contribution in [0.1, 0.15) is 19.3 Å². The van der Waals surface area contributed by atoms with E-state index in [4.69, 9.17) is 9.84 Å². The van der Waals surface area contributed by atoms with Crippen molar-refractivity contribution in [1.29, 1.82) is 0 Å². The van der Waals surface area contributed by atoms with Crippen LogP contribution in [0.25, 0.3) is 0 Å². The molecular weight excluding hydrogens is 135 g/mol. The molecule has 0 aliphatic carbocycles. The van der Waals surface area contributed by atoms with Gasteiger partial charge in [-0.25, -0.2) is 0 Å². The van der Waals surface area contributed by atoms with Gasteiger partial charge in [-0.15, -0.1) is 0 Å². The molecule has 0 amide bonds. The lowest BCUT2D eigenvalue weighted by Gasteiger charge is -2.25. The Bertz CT molecular complexity index is 95.6. The van der Waals surface area contributed by atoms with Gasteiger partial charge < -0.3 is 9.84 Å². The standard InChI is InChI=1S/C7H13FO2/c8-3-1-7-5-6(9)2-4-10-7/h6-7,9H,1-5H2/t6-,7-/m1/s1. The minimum absolute atomic E-state index is 0.0475. The van der Waals surface area contributed by atoms with Gasteiger partial charge in [0, 0.05) is 13.0 Å². The molecule has 0 saturated carbocycles. The lowest BCUT2D eigenvalue weighted by Crippen LogP contribution is -2.29. The highest BCUT2D eigenvalue weighted by Gasteiger charge is 2.19. The molecule has 0 aromatic carbocycles. The van der Waals surface area contributed by atoms with Crippen LogP contribution in [0.4, 0.5) is 4.39 Å². The molecule has 0 spiro atoms. The smallest absolute Gasteiger partial charge is 0.0919 e. The average Bonchev–Trinajstić information content (AvgIpc) is 1.88. The average molecular weight is 148 g/mol. The minimum atomic E-state index is -0.350. The summed E-state index contributed by atoms with van der Waals surface area (Å²) in [5, 5.41) is 9.10. The normalized spacial score (nSPS) is 34.2. The van der Waals surface area contributed by atoms with Crippen LogP contribution >= 0.6 is 0 Å². The number of hydrogen-bond acceptors (Lipinski definition) is 2. The quantitative estimate of drug-likeness (QED) is 0.630. The van der Waals surface area contributed by atoms with E-state index in [1.165, 1.54) is 0 Å². The van der Waals surface area contributed by atoms with Crippen molar-refractivity contribution in [2.24, 2.45) is 0 Å². The minimum Gasteiger partial charge on any atom is -0.393 e. The van der Waals surface area contributed by atoms with Crippen molar-refractivity contribution >= 4 is 0 Å². The summed E-state index contributed by atoms with van der Waals surface area (Å²) in [6.45, 7) is 0.225. The molecule has 0 unspecified atom stereocenters. The molecule has 0 radical (unpaired) electrons. The lowest BCUT2D eigenvalue weighted by molar-refractivity contribution is -0.0481. The van der Waals surface area contributed by atoms with E-state index in [0.29, 0.717) is 25.9 Å². The predicted molar refractivity (Wildman–Crippen MR) is 35.6 cm³/mol. The van der Waals surface area contributed by atoms with Crippen LogP contribution in [0.15, 0.2) is 0 Å². The first-order valence-corrected chi connectivity index (χ1v) is 3.68. The van der Waals surface area contributed by atoms with Gasteiger partial charge >= 0.3 is 0 Å². The van der Waals surface area contributed by atoms with Gasteiger partial charge in [-0.2, -0.15) is 0 Å². The number of aliphatic hydroxyl groups excluding tert-OH is 1. The van der Waals surface area contributed by atoms with E-state index >= 15 is 0 Å². The summed E-state index contributed by atoms with van der Waals surface area (Å²) in [6, 6.07) is 0. The summed E-state index contributed by atoms with van der Waals surface area (Å²) in [5.41, 5.74) is 0. The monoisotopic (exact) mass is 148 g/mol. The maximum Gasteiger partial charge on any atom is 0.0919 e. The highest BCUT2D eigenvalue weighted by atomic mass is 19.1. The fraction of sp³-hybridized carbons (Fsp3) is 1.00. The van der Waals surface area contributed by atoms with E-state index in [1.807, 2.05) is 0 Å². The summed E-state index contributed by atoms with van der Waals surface area (Å²) in [7, 11) is 0. The van der Waals surface area contributed by atoms with Crippen molar-refractivity contribution in [3.63, 3.8) is 0 Å². The fourth-order valence-electron chi connectivity index (χ4n) is 1.18. The van der Waals surface area contributed by atoms with E-state index < -0.39 is 0 Å². The van der Waals surface area contributed by atoms with Crippen LogP contribution in [-0.4, -0.2) is 30.6 Å². The molecule has 2 nitrogen and oxygen atoms in total. The lowest BCUT2D eigenvalue weighted by atomic mass is 10.0. The molecule has 60 valence electrons. The molecule has 1 N–H and O–H groups in total. The zero-order valence-corrected chi connectivity index (χ0v) is 5.92. The Labute approximate surface area is 60.0 Å². The van der Waals surface area contributed by atoms with Crippen molar-refractivity contribution in [3.8, 4) is 0 Å². The van der Waals surface area contributed by atoms with Crippen molar-refractivity contribution < 1.29 is 14.2 Å². The third-order valence-corrected chi connectivity index (χ3v) is 1.77. The van der Waals surface area contributed by atoms with Gasteiger partial charge in [0.05, 0.1) is 18.9 Å². The number of rotatable bonds is 2. The molecule has 1 rings (SSSR count). The highest BCUT2D eigenvalue weighted by Crippen LogP contribution is 2.15. The predicted octanol–water partition coefficient (Wildman–Crippen LogP) is 0.886. The van der Waals surface area contributed by atoms with Crippen molar-refractivity contribution in [1.82, 2.24) is 0 Å². The maximum atomic E-state index is 11.7. The summed E-state index contributed by atoms with van der Waals surface area (Å²) < 4.78 is 16.9. The second-order valence-electron chi connectivity index (χ2n) is 2.65. The van der Waals surface area contributed by atoms with Crippen LogP contribution in [-0.2, 0) is 4.74 Å². The number of aliphatic hydroxyl groups is 1. The van der Waals surface area contributed by atoms with E-state index in [-0.39, 0.29) is 18.9 Å². The topological polar surface area (TPSA) is 29.5 Å². The first-order valence-electron chi connectivity index (χ1n) is 3.68. The SMILES string of the molecule is O[C@@H]1CCO[C@H](CCF)C1. The van der Waals surface area contributed by atoms with Gasteiger partial charge in [-0.3, -0.25) is 4.39 Å². The van der Waals surface area contributed by atoms with Crippen molar-refractivity contribution in [2.45, 2.75) is 31.5 Å². The molecule has 3 heteroatoms. The summed E-state index contributed by atoms with van der Waals surface area (Å²) >= 11 is 0. The van der Waals surface area contributed by atoms with Crippen LogP contribution in [0.5, 0.6) is 0 Å². The zero-order valence-electron chi connectivity index (χ0n) is 5.92. The molecule has 2 atom stereocenters. The molecule has 1 saturated heterocycles. The Balaban J connectivity index is 2.18. The number of hydrogen-bond donors (Lipinski definition) is 1. The Morgan fingerprint density at radius 3 is 3.00 bits per heavy atom. The summed E-state index contributed by atoms with van der Waals surface area (Å²) in [4.78, 5) is 0. The Kier molecular flexibility index (Phi) is 3.09. The van der Waals surface area contributed by atoms with Crippen LogP contribution in [0, 0.1) is 0 Å². The highest BCUT2D eigenvalue weighted by molar-refractivity contribution is 4.69. The van der Waals surface area contributed by atoms with Gasteiger partial charge in [0.1, 0.15) is 0 Å². The fourth-order valence-corrected chi connectivity index (χ4v) is 1.18. The largest absolute Gasteiger partial charge is 0.393 e. The van der Waals surface area contributed by atoms with Gasteiger partial charge in [-0.1, -0.05) is 0 Å². The second kappa shape index (κ2) is 3.88. The Hall–Kier alpha value is -0.150. The third-order valence-electron chi connectivity index (χ3n) is 1.77. The van der Waals surface area contributed by atoms with E-state index in [9.17, 15) is 4.39 Å². The number of alkyl halides is 1. The van der Waals surface area contributed by atoms with Crippen LogP contribution in [0.2, 0.25) is 0 Å². The van der Waals surface area contributed by atoms with Gasteiger partial charge in [-0.05, 0) is 12.8 Å². The molecule has 0 aromatic heterocycles. The number of ether oxygens (including phenoxy) is 1. The van der Waals surface area contributed by atoms with Crippen molar-refractivity contribution in [2.75, 3.05) is 13.3 Å². The van der Waals surface area contributed by atoms with Crippen molar-refractivity contribution in [3.05, 3.63) is 0 Å². The molecule has 1 aliphatic heterocycles. The third kappa shape index (κ3) is 2.23. The molecule has 10 heavy (non-hydrogen) atoms. The maximum absolute atomic E-state index is 11.7. The number of halogens is 1. The molecule has 1 fully saturated rings. The first kappa shape index (κ1) is 7.95. The van der Waals surface area contributed by atoms with E-state index in [1.54, 1.807) is 0 Å². The molecule has 0 aromatic rings. The van der Waals surface area contributed by atoms with E-state index in [0.717, 1.165) is 0 Å². The van der Waals surface area contributed by atoms with Gasteiger partial charge in [0.2, 0.25) is 0 Å². The zero-order chi connectivity index (χ0) is 7.40. The molecule has 0 bridgehead atoms. The second-order valence-corrected chi connectivity index (χ2v) is 2.65. The van der Waals surface area contributed by atoms with E-state index in [2.05, 4.69) is 0 Å². The molecule has 1 aliphatic rings. The summed E-state index contributed by atoms with van der Waals surface area (Å²) in [6.07, 6.45) is 1.41. The molecular formula is C7H13FO2. The molecule has 1 heterocycles. The Morgan fingerprint density at radius 2 is 2.40 bits per heavy atom. The Morgan fingerprint density at radius 1 is 1.60 bits per heavy atom. The summed E-state index contributed by atoms with van der Waals surface area (Å²) in [5.74, 6) is 0. The first-order chi connectivity index (χ1) is 4.83. The van der Waals surface area contributed by atoms with Crippen LogP contribution in [0.3, 0.4) is 0 Å². The van der Waals surface area contributed by atoms with Gasteiger partial charge in [0.15, 0.2) is 0 Å².